The third-order valence-corrected chi connectivity index (χ3v) is 7.69. The van der Waals surface area contributed by atoms with Gasteiger partial charge in [-0.1, -0.05) is 0 Å². The van der Waals surface area contributed by atoms with Crippen LogP contribution < -0.4 is 5.32 Å². The summed E-state index contributed by atoms with van der Waals surface area (Å²) < 4.78 is 56.1. The van der Waals surface area contributed by atoms with Gasteiger partial charge in [-0.15, -0.1) is 0 Å². The topological polar surface area (TPSA) is 141 Å². The van der Waals surface area contributed by atoms with Gasteiger partial charge >= 0.3 is 0 Å². The van der Waals surface area contributed by atoms with E-state index < -0.39 is 48.2 Å². The lowest BCUT2D eigenvalue weighted by atomic mass is 10.0. The number of hydrogen-bond donors (Lipinski definition) is 2. The number of nitriles is 1. The SMILES string of the molecule is CC1(NC(=O)CC[N+](C)(C)CCC#N)CS(=O)(=O)CC1S(=O)(=O)O. The fraction of sp³-hybridized carbons (Fsp3) is 0.846. The monoisotopic (exact) mass is 382 g/mol. The highest BCUT2D eigenvalue weighted by Crippen LogP contribution is 2.29. The van der Waals surface area contributed by atoms with E-state index in [1.807, 2.05) is 20.2 Å². The number of nitrogens with zero attached hydrogens (tertiary/aromatic N) is 2. The van der Waals surface area contributed by atoms with Crippen LogP contribution in [0.2, 0.25) is 0 Å². The number of rotatable bonds is 7. The van der Waals surface area contributed by atoms with Gasteiger partial charge in [-0.25, -0.2) is 8.42 Å². The van der Waals surface area contributed by atoms with Gasteiger partial charge in [0.15, 0.2) is 9.84 Å². The molecule has 0 radical (unpaired) electrons. The van der Waals surface area contributed by atoms with Gasteiger partial charge in [0.1, 0.15) is 5.25 Å². The molecule has 0 spiro atoms. The molecule has 9 nitrogen and oxygen atoms in total. The van der Waals surface area contributed by atoms with Crippen LogP contribution in [0.15, 0.2) is 0 Å². The minimum atomic E-state index is -4.62. The maximum Gasteiger partial charge on any atom is 0.271 e. The number of sulfone groups is 1. The van der Waals surface area contributed by atoms with Crippen molar-refractivity contribution in [2.75, 3.05) is 38.7 Å². The number of hydrogen-bond acceptors (Lipinski definition) is 6. The molecule has 0 aliphatic carbocycles. The van der Waals surface area contributed by atoms with E-state index in [4.69, 9.17) is 5.26 Å². The number of quaternary nitrogens is 1. The van der Waals surface area contributed by atoms with Crippen molar-refractivity contribution in [2.24, 2.45) is 0 Å². The van der Waals surface area contributed by atoms with Crippen LogP contribution in [0.25, 0.3) is 0 Å². The standard InChI is InChI=1S/C13H23N3O6S2/c1-13(10-23(18,19)9-11(13)24(20,21)22)15-12(17)5-8-16(2,3)7-4-6-14/h11H,4-5,7-10H2,1-3H3,(H-,15,17,20,21,22)/p+1. The van der Waals surface area contributed by atoms with Crippen molar-refractivity contribution in [2.45, 2.75) is 30.6 Å². The highest BCUT2D eigenvalue weighted by Gasteiger charge is 2.54. The van der Waals surface area contributed by atoms with E-state index in [0.717, 1.165) is 0 Å². The highest BCUT2D eigenvalue weighted by molar-refractivity contribution is 7.94. The minimum Gasteiger partial charge on any atom is -0.348 e. The summed E-state index contributed by atoms with van der Waals surface area (Å²) in [6.45, 7) is 2.28. The minimum absolute atomic E-state index is 0.0479. The zero-order valence-corrected chi connectivity index (χ0v) is 15.7. The molecule has 138 valence electrons. The predicted molar refractivity (Wildman–Crippen MR) is 87.2 cm³/mol. The van der Waals surface area contributed by atoms with E-state index >= 15 is 0 Å². The Kier molecular flexibility index (Phi) is 6.03. The van der Waals surface area contributed by atoms with Crippen molar-refractivity contribution in [3.8, 4) is 6.07 Å². The molecule has 0 aromatic rings. The van der Waals surface area contributed by atoms with Gasteiger partial charge in [-0.3, -0.25) is 9.35 Å². The van der Waals surface area contributed by atoms with Crippen molar-refractivity contribution in [1.82, 2.24) is 5.32 Å². The molecule has 0 bridgehead atoms. The average Bonchev–Trinajstić information content (AvgIpc) is 2.64. The summed E-state index contributed by atoms with van der Waals surface area (Å²) >= 11 is 0. The molecule has 2 unspecified atom stereocenters. The Balaban J connectivity index is 2.79. The highest BCUT2D eigenvalue weighted by atomic mass is 32.2. The molecule has 0 aromatic heterocycles. The summed E-state index contributed by atoms with van der Waals surface area (Å²) in [5.41, 5.74) is -1.56. The van der Waals surface area contributed by atoms with Gasteiger partial charge in [-0.2, -0.15) is 13.7 Å². The molecular formula is C13H24N3O6S2+. The first-order chi connectivity index (χ1) is 10.7. The molecule has 1 aliphatic rings. The molecule has 2 N–H and O–H groups in total. The Morgan fingerprint density at radius 3 is 2.50 bits per heavy atom. The Bertz CT molecular complexity index is 738. The van der Waals surface area contributed by atoms with Gasteiger partial charge in [0, 0.05) is 0 Å². The first kappa shape index (κ1) is 20.8. The first-order valence-corrected chi connectivity index (χ1v) is 10.7. The van der Waals surface area contributed by atoms with Crippen LogP contribution in [0, 0.1) is 11.3 Å². The van der Waals surface area contributed by atoms with Gasteiger partial charge in [0.2, 0.25) is 5.91 Å². The smallest absolute Gasteiger partial charge is 0.271 e. The van der Waals surface area contributed by atoms with E-state index in [-0.39, 0.29) is 6.42 Å². The Labute approximate surface area is 142 Å². The van der Waals surface area contributed by atoms with Crippen molar-refractivity contribution in [1.29, 1.82) is 5.26 Å². The normalized spacial score (nSPS) is 26.7. The molecule has 2 atom stereocenters. The van der Waals surface area contributed by atoms with Crippen LogP contribution in [0.3, 0.4) is 0 Å². The van der Waals surface area contributed by atoms with Crippen LogP contribution in [-0.2, 0) is 24.7 Å². The zero-order chi connectivity index (χ0) is 18.8. The average molecular weight is 382 g/mol. The van der Waals surface area contributed by atoms with Crippen molar-refractivity contribution in [3.63, 3.8) is 0 Å². The largest absolute Gasteiger partial charge is 0.348 e. The van der Waals surface area contributed by atoms with E-state index in [1.54, 1.807) is 0 Å². The van der Waals surface area contributed by atoms with Crippen molar-refractivity contribution >= 4 is 25.9 Å². The zero-order valence-electron chi connectivity index (χ0n) is 14.0. The fourth-order valence-corrected chi connectivity index (χ4v) is 7.15. The van der Waals surface area contributed by atoms with Crippen molar-refractivity contribution < 1.29 is 30.7 Å². The lowest BCUT2D eigenvalue weighted by molar-refractivity contribution is -0.889. The van der Waals surface area contributed by atoms with Crippen molar-refractivity contribution in [3.05, 3.63) is 0 Å². The summed E-state index contributed by atoms with van der Waals surface area (Å²) in [4.78, 5) is 12.2. The maximum absolute atomic E-state index is 12.2. The predicted octanol–water partition coefficient (Wildman–Crippen LogP) is -1.07. The van der Waals surface area contributed by atoms with E-state index in [1.165, 1.54) is 6.92 Å². The third kappa shape index (κ3) is 5.70. The van der Waals surface area contributed by atoms with Crippen LogP contribution in [0.5, 0.6) is 0 Å². The molecule has 1 saturated heterocycles. The molecule has 0 saturated carbocycles. The van der Waals surface area contributed by atoms with Gasteiger partial charge in [0.25, 0.3) is 10.1 Å². The molecule has 1 fully saturated rings. The summed E-state index contributed by atoms with van der Waals surface area (Å²) in [6, 6.07) is 2.03. The first-order valence-electron chi connectivity index (χ1n) is 7.37. The van der Waals surface area contributed by atoms with Crippen LogP contribution in [0.1, 0.15) is 19.8 Å². The number of nitrogens with one attached hydrogen (secondary N) is 1. The molecule has 1 amide bonds. The number of carbonyl (C=O) groups is 1. The molecular weight excluding hydrogens is 358 g/mol. The van der Waals surface area contributed by atoms with Crippen LogP contribution in [-0.4, -0.2) is 81.3 Å². The van der Waals surface area contributed by atoms with Gasteiger partial charge in [0.05, 0.1) is 63.1 Å². The summed E-state index contributed by atoms with van der Waals surface area (Å²) in [5.74, 6) is -1.75. The fourth-order valence-electron chi connectivity index (χ4n) is 2.80. The molecule has 11 heteroatoms. The maximum atomic E-state index is 12.2. The lowest BCUT2D eigenvalue weighted by Gasteiger charge is -2.31. The number of amides is 1. The van der Waals surface area contributed by atoms with E-state index in [0.29, 0.717) is 24.0 Å². The van der Waals surface area contributed by atoms with E-state index in [9.17, 15) is 26.2 Å². The molecule has 1 aliphatic heterocycles. The van der Waals surface area contributed by atoms with Crippen LogP contribution in [0.4, 0.5) is 0 Å². The van der Waals surface area contributed by atoms with Gasteiger partial charge in [-0.05, 0) is 6.92 Å². The second-order valence-electron chi connectivity index (χ2n) is 7.06. The summed E-state index contributed by atoms with van der Waals surface area (Å²) in [7, 11) is -4.59. The number of carbonyl (C=O) groups excluding carboxylic acids is 1. The Morgan fingerprint density at radius 1 is 1.42 bits per heavy atom. The third-order valence-electron chi connectivity index (χ3n) is 4.19. The summed E-state index contributed by atoms with van der Waals surface area (Å²) in [6.07, 6.45) is 0.391. The second kappa shape index (κ2) is 6.95. The van der Waals surface area contributed by atoms with Gasteiger partial charge < -0.3 is 9.80 Å². The molecule has 1 heterocycles. The molecule has 1 rings (SSSR count). The Morgan fingerprint density at radius 2 is 2.00 bits per heavy atom. The Hall–Kier alpha value is -1.22. The second-order valence-corrected chi connectivity index (χ2v) is 10.8. The quantitative estimate of drug-likeness (QED) is 0.421. The van der Waals surface area contributed by atoms with E-state index in [2.05, 4.69) is 5.32 Å². The summed E-state index contributed by atoms with van der Waals surface area (Å²) in [5, 5.41) is 9.49. The molecule has 24 heavy (non-hydrogen) atoms. The lowest BCUT2D eigenvalue weighted by Crippen LogP contribution is -2.57. The molecule has 0 aromatic carbocycles. The van der Waals surface area contributed by atoms with Crippen LogP contribution >= 0.6 is 0 Å².